The number of rotatable bonds is 9. The molecule has 0 aliphatic heterocycles. The zero-order valence-corrected chi connectivity index (χ0v) is 17.3. The second kappa shape index (κ2) is 10.0. The van der Waals surface area contributed by atoms with Gasteiger partial charge in [-0.15, -0.1) is 0 Å². The molecule has 5 heteroatoms. The number of hydrogen-bond donors (Lipinski definition) is 2. The Hall–Kier alpha value is -2.69. The van der Waals surface area contributed by atoms with Gasteiger partial charge in [0.05, 0.1) is 5.52 Å². The van der Waals surface area contributed by atoms with E-state index in [-0.39, 0.29) is 23.9 Å². The van der Waals surface area contributed by atoms with E-state index in [4.69, 9.17) is 4.74 Å². The third-order valence-corrected chi connectivity index (χ3v) is 4.67. The molecular weight excluding hydrogens is 354 g/mol. The summed E-state index contributed by atoms with van der Waals surface area (Å²) in [5, 5.41) is 20.9. The third-order valence-electron chi connectivity index (χ3n) is 4.67. The lowest BCUT2D eigenvalue weighted by molar-refractivity contribution is 0.335. The van der Waals surface area contributed by atoms with Crippen LogP contribution in [0.2, 0.25) is 0 Å². The molecule has 2 N–H and O–H groups in total. The highest BCUT2D eigenvalue weighted by Gasteiger charge is 2.17. The number of benzene rings is 1. The number of allylic oxidation sites excluding steroid dienone is 3. The first-order chi connectivity index (χ1) is 13.3. The number of aromatic hydroxyl groups is 2. The number of unbranched alkanes of at least 4 members (excludes halogenated alkanes) is 1. The van der Waals surface area contributed by atoms with Gasteiger partial charge >= 0.3 is 0 Å². The van der Waals surface area contributed by atoms with E-state index in [1.807, 2.05) is 19.9 Å². The highest BCUT2D eigenvalue weighted by atomic mass is 16.5. The van der Waals surface area contributed by atoms with Crippen LogP contribution in [0.1, 0.15) is 53.4 Å². The number of phenols is 1. The summed E-state index contributed by atoms with van der Waals surface area (Å²) in [6.07, 6.45) is 7.80. The molecule has 0 saturated carbocycles. The summed E-state index contributed by atoms with van der Waals surface area (Å²) in [7, 11) is 0. The number of aryl methyl sites for hydroxylation is 1. The van der Waals surface area contributed by atoms with Gasteiger partial charge in [0, 0.05) is 18.0 Å². The van der Waals surface area contributed by atoms with Gasteiger partial charge in [-0.2, -0.15) is 0 Å². The molecule has 1 aromatic heterocycles. The molecule has 0 spiro atoms. The number of nitrogens with zero attached hydrogens (tertiary/aromatic N) is 1. The molecule has 0 amide bonds. The molecule has 28 heavy (non-hydrogen) atoms. The molecule has 0 radical (unpaired) electrons. The Morgan fingerprint density at radius 3 is 2.61 bits per heavy atom. The smallest absolute Gasteiger partial charge is 0.297 e. The molecule has 0 fully saturated rings. The van der Waals surface area contributed by atoms with Crippen molar-refractivity contribution in [2.45, 2.75) is 59.9 Å². The molecule has 0 aliphatic carbocycles. The normalized spacial score (nSPS) is 11.6. The van der Waals surface area contributed by atoms with Gasteiger partial charge in [0.2, 0.25) is 5.75 Å². The number of fused-ring (bicyclic) bond motifs is 1. The van der Waals surface area contributed by atoms with Gasteiger partial charge in [-0.3, -0.25) is 4.79 Å². The molecule has 0 atom stereocenters. The number of pyridine rings is 1. The van der Waals surface area contributed by atoms with E-state index in [0.29, 0.717) is 17.4 Å². The topological polar surface area (TPSA) is 71.7 Å². The first-order valence-corrected chi connectivity index (χ1v) is 9.85. The summed E-state index contributed by atoms with van der Waals surface area (Å²) in [5.41, 5.74) is 2.56. The van der Waals surface area contributed by atoms with Crippen LogP contribution >= 0.6 is 0 Å². The number of ether oxygens (including phenoxy) is 1. The summed E-state index contributed by atoms with van der Waals surface area (Å²) in [5.74, 6) is -0.144. The van der Waals surface area contributed by atoms with Gasteiger partial charge in [0.25, 0.3) is 5.56 Å². The predicted molar refractivity (Wildman–Crippen MR) is 114 cm³/mol. The monoisotopic (exact) mass is 385 g/mol. The van der Waals surface area contributed by atoms with Gasteiger partial charge < -0.3 is 19.5 Å². The molecule has 0 aliphatic rings. The van der Waals surface area contributed by atoms with Crippen molar-refractivity contribution in [3.63, 3.8) is 0 Å². The molecule has 2 aromatic rings. The summed E-state index contributed by atoms with van der Waals surface area (Å²) in [4.78, 5) is 12.7. The quantitative estimate of drug-likeness (QED) is 0.576. The van der Waals surface area contributed by atoms with Crippen molar-refractivity contribution >= 4 is 10.9 Å². The lowest BCUT2D eigenvalue weighted by atomic mass is 10.1. The van der Waals surface area contributed by atoms with Crippen molar-refractivity contribution in [3.8, 4) is 17.2 Å². The van der Waals surface area contributed by atoms with Gasteiger partial charge in [0.15, 0.2) is 5.75 Å². The first kappa shape index (κ1) is 21.6. The van der Waals surface area contributed by atoms with Crippen molar-refractivity contribution in [1.82, 2.24) is 4.57 Å². The summed E-state index contributed by atoms with van der Waals surface area (Å²) in [6, 6.07) is 4.75. The van der Waals surface area contributed by atoms with Gasteiger partial charge in [-0.1, -0.05) is 30.6 Å². The SMILES string of the molecule is CCCCn1c(=O)c(O)c(OC/C=C(\C)CCC=C(C)C)c2ccc(O)cc21. The van der Waals surface area contributed by atoms with Crippen molar-refractivity contribution in [2.75, 3.05) is 6.61 Å². The predicted octanol–water partition coefficient (Wildman–Crippen LogP) is 5.28. The second-order valence-corrected chi connectivity index (χ2v) is 7.37. The summed E-state index contributed by atoms with van der Waals surface area (Å²) >= 11 is 0. The number of phenolic OH excluding ortho intramolecular Hbond substituents is 1. The zero-order valence-electron chi connectivity index (χ0n) is 17.3. The minimum atomic E-state index is -0.495. The first-order valence-electron chi connectivity index (χ1n) is 9.85. The van der Waals surface area contributed by atoms with Crippen LogP contribution in [0, 0.1) is 0 Å². The molecule has 1 aromatic carbocycles. The standard InChI is InChI=1S/C23H31NO4/c1-5-6-13-24-20-15-18(25)10-11-19(20)22(21(26)23(24)27)28-14-12-17(4)9-7-8-16(2)3/h8,10-12,15,25-26H,5-7,9,13-14H2,1-4H3/b17-12+. The van der Waals surface area contributed by atoms with E-state index in [1.54, 1.807) is 12.1 Å². The van der Waals surface area contributed by atoms with Crippen molar-refractivity contribution in [2.24, 2.45) is 0 Å². The highest BCUT2D eigenvalue weighted by molar-refractivity contribution is 5.88. The second-order valence-electron chi connectivity index (χ2n) is 7.37. The van der Waals surface area contributed by atoms with E-state index in [0.717, 1.165) is 25.7 Å². The van der Waals surface area contributed by atoms with Crippen LogP contribution in [0.4, 0.5) is 0 Å². The average molecular weight is 386 g/mol. The average Bonchev–Trinajstić information content (AvgIpc) is 2.64. The molecular formula is C23H31NO4. The van der Waals surface area contributed by atoms with Crippen LogP contribution in [-0.4, -0.2) is 21.4 Å². The molecule has 2 rings (SSSR count). The zero-order chi connectivity index (χ0) is 20.7. The minimum absolute atomic E-state index is 0.0730. The third kappa shape index (κ3) is 5.41. The molecule has 5 nitrogen and oxygen atoms in total. The number of hydrogen-bond acceptors (Lipinski definition) is 4. The Morgan fingerprint density at radius 2 is 1.93 bits per heavy atom. The Bertz CT molecular complexity index is 934. The Morgan fingerprint density at radius 1 is 1.18 bits per heavy atom. The van der Waals surface area contributed by atoms with E-state index in [1.165, 1.54) is 21.8 Å². The van der Waals surface area contributed by atoms with Crippen LogP contribution in [-0.2, 0) is 6.54 Å². The summed E-state index contributed by atoms with van der Waals surface area (Å²) in [6.45, 7) is 8.98. The number of aromatic nitrogens is 1. The molecule has 0 saturated heterocycles. The van der Waals surface area contributed by atoms with Crippen LogP contribution in [0.3, 0.4) is 0 Å². The Balaban J connectivity index is 2.31. The maximum Gasteiger partial charge on any atom is 0.297 e. The van der Waals surface area contributed by atoms with Crippen LogP contribution in [0.25, 0.3) is 10.9 Å². The van der Waals surface area contributed by atoms with Crippen LogP contribution in [0.15, 0.2) is 46.3 Å². The highest BCUT2D eigenvalue weighted by Crippen LogP contribution is 2.33. The maximum atomic E-state index is 12.7. The maximum absolute atomic E-state index is 12.7. The molecule has 0 bridgehead atoms. The fraction of sp³-hybridized carbons (Fsp3) is 0.435. The van der Waals surface area contributed by atoms with Crippen molar-refractivity contribution < 1.29 is 14.9 Å². The van der Waals surface area contributed by atoms with E-state index in [2.05, 4.69) is 19.9 Å². The van der Waals surface area contributed by atoms with Crippen molar-refractivity contribution in [1.29, 1.82) is 0 Å². The lowest BCUT2D eigenvalue weighted by Gasteiger charge is -2.15. The lowest BCUT2D eigenvalue weighted by Crippen LogP contribution is -2.21. The van der Waals surface area contributed by atoms with Gasteiger partial charge in [-0.25, -0.2) is 0 Å². The van der Waals surface area contributed by atoms with Gasteiger partial charge in [-0.05, 0) is 58.2 Å². The van der Waals surface area contributed by atoms with Crippen LogP contribution < -0.4 is 10.3 Å². The minimum Gasteiger partial charge on any atom is -0.508 e. The van der Waals surface area contributed by atoms with Crippen LogP contribution in [0.5, 0.6) is 17.2 Å². The molecule has 0 unspecified atom stereocenters. The Labute approximate surface area is 166 Å². The van der Waals surface area contributed by atoms with Gasteiger partial charge in [0.1, 0.15) is 12.4 Å². The van der Waals surface area contributed by atoms with Crippen molar-refractivity contribution in [3.05, 3.63) is 51.9 Å². The molecule has 152 valence electrons. The van der Waals surface area contributed by atoms with E-state index >= 15 is 0 Å². The molecule has 1 heterocycles. The Kier molecular flexibility index (Phi) is 7.73. The largest absolute Gasteiger partial charge is 0.508 e. The fourth-order valence-electron chi connectivity index (χ4n) is 3.04. The van der Waals surface area contributed by atoms with E-state index in [9.17, 15) is 15.0 Å². The summed E-state index contributed by atoms with van der Waals surface area (Å²) < 4.78 is 7.29. The fourth-order valence-corrected chi connectivity index (χ4v) is 3.04. The van der Waals surface area contributed by atoms with E-state index < -0.39 is 5.56 Å².